The minimum Gasteiger partial charge on any atom is -0.497 e. The van der Waals surface area contributed by atoms with Gasteiger partial charge in [0.2, 0.25) is 10.0 Å². The normalized spacial score (nSPS) is 16.0. The fourth-order valence-corrected chi connectivity index (χ4v) is 7.16. The van der Waals surface area contributed by atoms with E-state index in [1.807, 2.05) is 55.5 Å². The number of carbonyl (C=O) groups is 1. The molecule has 4 N–H and O–H groups in total. The molecule has 3 aromatic carbocycles. The largest absolute Gasteiger partial charge is 0.497 e. The molecule has 1 aliphatic rings. The van der Waals surface area contributed by atoms with E-state index in [0.717, 1.165) is 27.8 Å². The Kier molecular flexibility index (Phi) is 11.3. The summed E-state index contributed by atoms with van der Waals surface area (Å²) >= 11 is 3.49. The molecule has 2 atom stereocenters. The van der Waals surface area contributed by atoms with Gasteiger partial charge < -0.3 is 25.8 Å². The van der Waals surface area contributed by atoms with Crippen molar-refractivity contribution < 1.29 is 23.1 Å². The van der Waals surface area contributed by atoms with Gasteiger partial charge in [-0.15, -0.1) is 0 Å². The van der Waals surface area contributed by atoms with Gasteiger partial charge in [0, 0.05) is 41.9 Å². The smallest absolute Gasteiger partial charge is 0.251 e. The summed E-state index contributed by atoms with van der Waals surface area (Å²) < 4.78 is 33.3. The molecule has 1 heterocycles. The third-order valence-electron chi connectivity index (χ3n) is 7.13. The van der Waals surface area contributed by atoms with Crippen molar-refractivity contribution in [3.05, 3.63) is 87.9 Å². The Labute approximate surface area is 256 Å². The van der Waals surface area contributed by atoms with Gasteiger partial charge in [-0.2, -0.15) is 0 Å². The van der Waals surface area contributed by atoms with Crippen LogP contribution in [0.3, 0.4) is 0 Å². The summed E-state index contributed by atoms with van der Waals surface area (Å²) in [5.74, 6) is 0.431. The Bertz CT molecular complexity index is 1450. The zero-order chi connectivity index (χ0) is 30.1. The lowest BCUT2D eigenvalue weighted by molar-refractivity contribution is 0.0830. The van der Waals surface area contributed by atoms with E-state index in [4.69, 9.17) is 4.74 Å². The average Bonchev–Trinajstić information content (AvgIpc) is 2.96. The van der Waals surface area contributed by atoms with Gasteiger partial charge in [0.1, 0.15) is 5.75 Å². The number of ether oxygens (including phenoxy) is 1. The molecule has 9 nitrogen and oxygen atoms in total. The lowest BCUT2D eigenvalue weighted by Crippen LogP contribution is -2.48. The van der Waals surface area contributed by atoms with Crippen LogP contribution in [0, 0.1) is 0 Å². The van der Waals surface area contributed by atoms with Gasteiger partial charge in [-0.3, -0.25) is 9.10 Å². The topological polar surface area (TPSA) is 120 Å². The average molecular weight is 660 g/mol. The minimum atomic E-state index is -3.45. The van der Waals surface area contributed by atoms with E-state index in [2.05, 4.69) is 31.9 Å². The van der Waals surface area contributed by atoms with Gasteiger partial charge in [0.05, 0.1) is 30.7 Å². The molecule has 0 aromatic heterocycles. The summed E-state index contributed by atoms with van der Waals surface area (Å²) in [7, 11) is -1.84. The van der Waals surface area contributed by atoms with Crippen molar-refractivity contribution in [1.29, 1.82) is 0 Å². The zero-order valence-electron chi connectivity index (χ0n) is 24.0. The second-order valence-corrected chi connectivity index (χ2v) is 13.3. The number of methoxy groups -OCH3 is 1. The van der Waals surface area contributed by atoms with Crippen molar-refractivity contribution in [3.63, 3.8) is 0 Å². The molecular formula is C31H39BrN4O5S. The van der Waals surface area contributed by atoms with Crippen molar-refractivity contribution in [2.24, 2.45) is 0 Å². The number of carbonyl (C=O) groups excluding carboxylic acids is 1. The zero-order valence-corrected chi connectivity index (χ0v) is 26.4. The first-order valence-electron chi connectivity index (χ1n) is 14.1. The SMILES string of the molecule is CCNc1cc(C(=O)N[C@@H](Cc2ccccc2)[C@H](O)CNCc2cc(Br)cc(OC)c2)cc(N2CCCCS2(=O)=O)c1. The van der Waals surface area contributed by atoms with E-state index in [1.54, 1.807) is 25.3 Å². The molecule has 1 amide bonds. The molecule has 3 aromatic rings. The monoisotopic (exact) mass is 658 g/mol. The molecule has 1 fully saturated rings. The highest BCUT2D eigenvalue weighted by Gasteiger charge is 2.28. The summed E-state index contributed by atoms with van der Waals surface area (Å²) in [6.45, 7) is 3.66. The number of aliphatic hydroxyl groups excluding tert-OH is 1. The molecule has 11 heteroatoms. The number of anilines is 2. The second kappa shape index (κ2) is 14.9. The van der Waals surface area contributed by atoms with Gasteiger partial charge in [0.15, 0.2) is 0 Å². The van der Waals surface area contributed by atoms with Gasteiger partial charge in [0.25, 0.3) is 5.91 Å². The maximum absolute atomic E-state index is 13.6. The van der Waals surface area contributed by atoms with Crippen LogP contribution in [0.4, 0.5) is 11.4 Å². The fraction of sp³-hybridized carbons (Fsp3) is 0.387. The van der Waals surface area contributed by atoms with E-state index in [9.17, 15) is 18.3 Å². The Balaban J connectivity index is 1.53. The highest BCUT2D eigenvalue weighted by atomic mass is 79.9. The minimum absolute atomic E-state index is 0.0883. The van der Waals surface area contributed by atoms with Gasteiger partial charge in [-0.1, -0.05) is 46.3 Å². The number of benzene rings is 3. The Morgan fingerprint density at radius 1 is 1.07 bits per heavy atom. The number of aliphatic hydroxyl groups is 1. The first-order chi connectivity index (χ1) is 20.2. The first-order valence-corrected chi connectivity index (χ1v) is 16.5. The van der Waals surface area contributed by atoms with Crippen LogP contribution in [0.5, 0.6) is 5.75 Å². The summed E-state index contributed by atoms with van der Waals surface area (Å²) in [5.41, 5.74) is 3.40. The number of hydrogen-bond acceptors (Lipinski definition) is 7. The molecule has 42 heavy (non-hydrogen) atoms. The number of halogens is 1. The molecule has 1 aliphatic heterocycles. The van der Waals surface area contributed by atoms with Crippen molar-refractivity contribution in [3.8, 4) is 5.75 Å². The van der Waals surface area contributed by atoms with Crippen molar-refractivity contribution in [2.75, 3.05) is 42.1 Å². The number of rotatable bonds is 13. The lowest BCUT2D eigenvalue weighted by atomic mass is 10.00. The van der Waals surface area contributed by atoms with Crippen molar-refractivity contribution in [1.82, 2.24) is 10.6 Å². The van der Waals surface area contributed by atoms with E-state index < -0.39 is 22.2 Å². The quantitative estimate of drug-likeness (QED) is 0.216. The predicted molar refractivity (Wildman–Crippen MR) is 171 cm³/mol. The van der Waals surface area contributed by atoms with Crippen molar-refractivity contribution >= 4 is 43.2 Å². The number of hydrogen-bond donors (Lipinski definition) is 4. The molecule has 1 saturated heterocycles. The van der Waals surface area contributed by atoms with Crippen LogP contribution in [0.2, 0.25) is 0 Å². The number of nitrogens with one attached hydrogen (secondary N) is 3. The van der Waals surface area contributed by atoms with Crippen LogP contribution in [0.15, 0.2) is 71.2 Å². The van der Waals surface area contributed by atoms with Gasteiger partial charge in [-0.25, -0.2) is 8.42 Å². The fourth-order valence-electron chi connectivity index (χ4n) is 5.02. The summed E-state index contributed by atoms with van der Waals surface area (Å²) in [5, 5.41) is 20.8. The Hall–Kier alpha value is -3.12. The van der Waals surface area contributed by atoms with Crippen LogP contribution < -0.4 is 25.0 Å². The molecule has 0 unspecified atom stereocenters. The van der Waals surface area contributed by atoms with Crippen molar-refractivity contribution in [2.45, 2.75) is 44.9 Å². The predicted octanol–water partition coefficient (Wildman–Crippen LogP) is 4.31. The third-order valence-corrected chi connectivity index (χ3v) is 9.45. The molecule has 226 valence electrons. The van der Waals surface area contributed by atoms with Crippen LogP contribution in [0.1, 0.15) is 41.3 Å². The van der Waals surface area contributed by atoms with Gasteiger partial charge in [-0.05, 0) is 73.7 Å². The van der Waals surface area contributed by atoms with E-state index in [-0.39, 0.29) is 18.2 Å². The molecule has 4 rings (SSSR count). The highest BCUT2D eigenvalue weighted by Crippen LogP contribution is 2.28. The maximum atomic E-state index is 13.6. The van der Waals surface area contributed by atoms with Crippen LogP contribution >= 0.6 is 15.9 Å². The third kappa shape index (κ3) is 8.70. The molecule has 0 saturated carbocycles. The van der Waals surface area contributed by atoms with Crippen LogP contribution in [-0.2, 0) is 23.0 Å². The highest BCUT2D eigenvalue weighted by molar-refractivity contribution is 9.10. The Morgan fingerprint density at radius 3 is 2.57 bits per heavy atom. The first kappa shape index (κ1) is 31.8. The second-order valence-electron chi connectivity index (χ2n) is 10.4. The maximum Gasteiger partial charge on any atom is 0.251 e. The van der Waals surface area contributed by atoms with Crippen LogP contribution in [-0.4, -0.2) is 64.1 Å². The van der Waals surface area contributed by atoms with E-state index in [1.165, 1.54) is 4.31 Å². The number of sulfonamides is 1. The molecule has 0 spiro atoms. The van der Waals surface area contributed by atoms with E-state index >= 15 is 0 Å². The molecule has 0 bridgehead atoms. The molecular weight excluding hydrogens is 620 g/mol. The standard InChI is InChI=1S/C31H39BrN4O5S/c1-3-34-26-16-24(17-27(19-26)36-11-7-8-12-42(36,39)40)31(38)35-29(15-22-9-5-4-6-10-22)30(37)21-33-20-23-13-25(32)18-28(14-23)41-2/h4-6,9-10,13-14,16-19,29-30,33-34,37H,3,7-8,11-12,15,20-21H2,1-2H3,(H,35,38)/t29-,30+/m0/s1. The summed E-state index contributed by atoms with van der Waals surface area (Å²) in [6.07, 6.45) is 0.904. The number of nitrogens with zero attached hydrogens (tertiary/aromatic N) is 1. The van der Waals surface area contributed by atoms with Crippen LogP contribution in [0.25, 0.3) is 0 Å². The van der Waals surface area contributed by atoms with E-state index in [0.29, 0.717) is 49.4 Å². The number of amides is 1. The van der Waals surface area contributed by atoms with Gasteiger partial charge >= 0.3 is 0 Å². The summed E-state index contributed by atoms with van der Waals surface area (Å²) in [4.78, 5) is 13.6. The molecule has 0 radical (unpaired) electrons. The molecule has 0 aliphatic carbocycles. The Morgan fingerprint density at radius 2 is 1.86 bits per heavy atom. The summed E-state index contributed by atoms with van der Waals surface area (Å²) in [6, 6.07) is 19.9. The lowest BCUT2D eigenvalue weighted by Gasteiger charge is -2.29.